The van der Waals surface area contributed by atoms with Crippen LogP contribution in [0.1, 0.15) is 11.1 Å². The standard InChI is InChI=1S/C16H16ClN3O.HI/c17-13-8-11-6-7-21-15(11)12(9-13)10-19-16(18)20-14-4-2-1-3-5-14;/h1-5,8-9H,6-7,10H2,(H3,18,19,20);1H. The van der Waals surface area contributed by atoms with Crippen LogP contribution in [0.5, 0.6) is 5.75 Å². The first-order valence-corrected chi connectivity index (χ1v) is 7.16. The maximum Gasteiger partial charge on any atom is 0.193 e. The molecular formula is C16H17ClIN3O. The Morgan fingerprint density at radius 2 is 2.05 bits per heavy atom. The Hall–Kier alpha value is -1.47. The molecule has 0 atom stereocenters. The van der Waals surface area contributed by atoms with Crippen LogP contribution in [0.2, 0.25) is 5.02 Å². The van der Waals surface area contributed by atoms with Crippen LogP contribution < -0.4 is 15.8 Å². The molecular weight excluding hydrogens is 413 g/mol. The molecule has 0 saturated carbocycles. The monoisotopic (exact) mass is 429 g/mol. The van der Waals surface area contributed by atoms with Crippen LogP contribution in [0.4, 0.5) is 5.69 Å². The van der Waals surface area contributed by atoms with E-state index in [0.29, 0.717) is 24.1 Å². The van der Waals surface area contributed by atoms with Crippen molar-refractivity contribution in [3.05, 3.63) is 58.6 Å². The molecule has 0 saturated heterocycles. The highest BCUT2D eigenvalue weighted by molar-refractivity contribution is 14.0. The summed E-state index contributed by atoms with van der Waals surface area (Å²) in [7, 11) is 0. The predicted octanol–water partition coefficient (Wildman–Crippen LogP) is 3.82. The molecule has 2 aromatic rings. The van der Waals surface area contributed by atoms with Crippen LogP contribution in [-0.4, -0.2) is 12.6 Å². The molecule has 1 aliphatic heterocycles. The first-order valence-electron chi connectivity index (χ1n) is 6.78. The van der Waals surface area contributed by atoms with Crippen LogP contribution in [-0.2, 0) is 13.0 Å². The number of benzene rings is 2. The number of guanidine groups is 1. The van der Waals surface area contributed by atoms with Gasteiger partial charge in [-0.3, -0.25) is 0 Å². The van der Waals surface area contributed by atoms with Crippen LogP contribution in [0, 0.1) is 0 Å². The molecule has 4 nitrogen and oxygen atoms in total. The fourth-order valence-corrected chi connectivity index (χ4v) is 2.61. The van der Waals surface area contributed by atoms with E-state index >= 15 is 0 Å². The van der Waals surface area contributed by atoms with Gasteiger partial charge in [0.15, 0.2) is 5.96 Å². The fraction of sp³-hybridized carbons (Fsp3) is 0.188. The van der Waals surface area contributed by atoms with E-state index in [4.69, 9.17) is 22.1 Å². The van der Waals surface area contributed by atoms with Gasteiger partial charge in [-0.1, -0.05) is 29.8 Å². The van der Waals surface area contributed by atoms with Crippen LogP contribution in [0.3, 0.4) is 0 Å². The molecule has 0 spiro atoms. The molecule has 2 aromatic carbocycles. The molecule has 0 aliphatic carbocycles. The van der Waals surface area contributed by atoms with Crippen molar-refractivity contribution in [2.45, 2.75) is 13.0 Å². The quantitative estimate of drug-likeness (QED) is 0.443. The van der Waals surface area contributed by atoms with Crippen molar-refractivity contribution in [1.29, 1.82) is 0 Å². The average molecular weight is 430 g/mol. The third-order valence-electron chi connectivity index (χ3n) is 3.29. The maximum atomic E-state index is 6.12. The fourth-order valence-electron chi connectivity index (χ4n) is 2.34. The third kappa shape index (κ3) is 4.04. The zero-order chi connectivity index (χ0) is 14.7. The molecule has 116 valence electrons. The van der Waals surface area contributed by atoms with Gasteiger partial charge in [-0.15, -0.1) is 24.0 Å². The number of anilines is 1. The zero-order valence-corrected chi connectivity index (χ0v) is 15.0. The summed E-state index contributed by atoms with van der Waals surface area (Å²) in [5.41, 5.74) is 8.92. The Morgan fingerprint density at radius 3 is 2.82 bits per heavy atom. The van der Waals surface area contributed by atoms with Gasteiger partial charge >= 0.3 is 0 Å². The van der Waals surface area contributed by atoms with E-state index in [1.807, 2.05) is 42.5 Å². The van der Waals surface area contributed by atoms with Gasteiger partial charge in [0.1, 0.15) is 5.75 Å². The molecule has 1 heterocycles. The number of halogens is 2. The summed E-state index contributed by atoms with van der Waals surface area (Å²) in [4.78, 5) is 4.35. The highest BCUT2D eigenvalue weighted by Crippen LogP contribution is 2.33. The molecule has 6 heteroatoms. The van der Waals surface area contributed by atoms with Gasteiger partial charge in [0.05, 0.1) is 13.2 Å². The molecule has 3 N–H and O–H groups in total. The summed E-state index contributed by atoms with van der Waals surface area (Å²) >= 11 is 6.12. The summed E-state index contributed by atoms with van der Waals surface area (Å²) in [6, 6.07) is 13.5. The molecule has 0 bridgehead atoms. The lowest BCUT2D eigenvalue weighted by molar-refractivity contribution is 0.353. The van der Waals surface area contributed by atoms with E-state index in [0.717, 1.165) is 29.0 Å². The lowest BCUT2D eigenvalue weighted by Gasteiger charge is -2.08. The number of ether oxygens (including phenoxy) is 1. The van der Waals surface area contributed by atoms with Crippen molar-refractivity contribution >= 4 is 47.2 Å². The maximum absolute atomic E-state index is 6.12. The van der Waals surface area contributed by atoms with Gasteiger partial charge in [-0.05, 0) is 29.8 Å². The van der Waals surface area contributed by atoms with Crippen LogP contribution >= 0.6 is 35.6 Å². The molecule has 0 unspecified atom stereocenters. The first-order chi connectivity index (χ1) is 10.2. The molecule has 0 amide bonds. The minimum Gasteiger partial charge on any atom is -0.493 e. The summed E-state index contributed by atoms with van der Waals surface area (Å²) in [5, 5.41) is 3.76. The van der Waals surface area contributed by atoms with Gasteiger partial charge < -0.3 is 15.8 Å². The molecule has 0 radical (unpaired) electrons. The molecule has 0 aromatic heterocycles. The molecule has 3 rings (SSSR count). The number of para-hydroxylation sites is 1. The average Bonchev–Trinajstić information content (AvgIpc) is 2.94. The summed E-state index contributed by atoms with van der Waals surface area (Å²) in [6.45, 7) is 1.14. The topological polar surface area (TPSA) is 59.6 Å². The number of hydrogen-bond donors (Lipinski definition) is 2. The number of hydrogen-bond acceptors (Lipinski definition) is 2. The Morgan fingerprint density at radius 1 is 1.27 bits per heavy atom. The Kier molecular flexibility index (Phi) is 5.90. The number of nitrogens with two attached hydrogens (primary N) is 1. The number of aliphatic imine (C=N–C) groups is 1. The number of fused-ring (bicyclic) bond motifs is 1. The summed E-state index contributed by atoms with van der Waals surface area (Å²) in [6.07, 6.45) is 0.893. The summed E-state index contributed by atoms with van der Waals surface area (Å²) in [5.74, 6) is 1.27. The van der Waals surface area contributed by atoms with Crippen LogP contribution in [0.25, 0.3) is 0 Å². The van der Waals surface area contributed by atoms with E-state index in [9.17, 15) is 0 Å². The smallest absolute Gasteiger partial charge is 0.193 e. The Bertz CT molecular complexity index is 677. The van der Waals surface area contributed by atoms with E-state index in [1.54, 1.807) is 0 Å². The Labute approximate surface area is 151 Å². The first kappa shape index (κ1) is 16.9. The van der Waals surface area contributed by atoms with Gasteiger partial charge in [0.25, 0.3) is 0 Å². The molecule has 1 aliphatic rings. The van der Waals surface area contributed by atoms with Crippen molar-refractivity contribution in [3.8, 4) is 5.75 Å². The number of rotatable bonds is 3. The number of nitrogens with zero attached hydrogens (tertiary/aromatic N) is 1. The lowest BCUT2D eigenvalue weighted by Crippen LogP contribution is -2.22. The second-order valence-corrected chi connectivity index (χ2v) is 5.28. The van der Waals surface area contributed by atoms with Crippen molar-refractivity contribution in [3.63, 3.8) is 0 Å². The van der Waals surface area contributed by atoms with E-state index in [-0.39, 0.29) is 24.0 Å². The second kappa shape index (κ2) is 7.69. The van der Waals surface area contributed by atoms with Crippen molar-refractivity contribution < 1.29 is 4.74 Å². The largest absolute Gasteiger partial charge is 0.493 e. The second-order valence-electron chi connectivity index (χ2n) is 4.84. The van der Waals surface area contributed by atoms with Crippen molar-refractivity contribution in [2.24, 2.45) is 10.7 Å². The van der Waals surface area contributed by atoms with E-state index < -0.39 is 0 Å². The highest BCUT2D eigenvalue weighted by Gasteiger charge is 2.17. The van der Waals surface area contributed by atoms with Crippen molar-refractivity contribution in [1.82, 2.24) is 0 Å². The number of nitrogens with one attached hydrogen (secondary N) is 1. The van der Waals surface area contributed by atoms with Crippen molar-refractivity contribution in [2.75, 3.05) is 11.9 Å². The van der Waals surface area contributed by atoms with E-state index in [1.165, 1.54) is 0 Å². The van der Waals surface area contributed by atoms with Crippen LogP contribution in [0.15, 0.2) is 47.5 Å². The SMILES string of the molecule is I.NC(=NCc1cc(Cl)cc2c1OCC2)Nc1ccccc1. The van der Waals surface area contributed by atoms with E-state index in [2.05, 4.69) is 10.3 Å². The zero-order valence-electron chi connectivity index (χ0n) is 11.9. The van der Waals surface area contributed by atoms with Gasteiger partial charge in [0, 0.05) is 22.7 Å². The summed E-state index contributed by atoms with van der Waals surface area (Å²) < 4.78 is 5.65. The van der Waals surface area contributed by atoms with Gasteiger partial charge in [-0.2, -0.15) is 0 Å². The molecule has 0 fully saturated rings. The Balaban J connectivity index is 0.00000176. The minimum absolute atomic E-state index is 0. The molecule has 22 heavy (non-hydrogen) atoms. The van der Waals surface area contributed by atoms with Gasteiger partial charge in [-0.25, -0.2) is 4.99 Å². The third-order valence-corrected chi connectivity index (χ3v) is 3.51. The highest BCUT2D eigenvalue weighted by atomic mass is 127. The van der Waals surface area contributed by atoms with Gasteiger partial charge in [0.2, 0.25) is 0 Å². The normalized spacial score (nSPS) is 13.0. The minimum atomic E-state index is 0. The lowest BCUT2D eigenvalue weighted by atomic mass is 10.1. The predicted molar refractivity (Wildman–Crippen MR) is 101 cm³/mol.